The summed E-state index contributed by atoms with van der Waals surface area (Å²) in [6, 6.07) is 6.27. The molecular weight excluding hydrogens is 240 g/mol. The van der Waals surface area contributed by atoms with Gasteiger partial charge in [-0.2, -0.15) is 0 Å². The number of fused-ring (bicyclic) bond motifs is 1. The Labute approximate surface area is 91.5 Å². The highest BCUT2D eigenvalue weighted by molar-refractivity contribution is 9.10. The van der Waals surface area contributed by atoms with Crippen molar-refractivity contribution in [2.75, 3.05) is 0 Å². The SMILES string of the molecule is CCc1nc(Br)nc2cc(C)ccc12. The molecule has 2 aromatic rings. The van der Waals surface area contributed by atoms with Gasteiger partial charge < -0.3 is 0 Å². The molecule has 0 unspecified atom stereocenters. The predicted octanol–water partition coefficient (Wildman–Crippen LogP) is 3.26. The van der Waals surface area contributed by atoms with Crippen LogP contribution in [0.2, 0.25) is 0 Å². The van der Waals surface area contributed by atoms with Gasteiger partial charge in [0.25, 0.3) is 0 Å². The van der Waals surface area contributed by atoms with Gasteiger partial charge in [-0.05, 0) is 40.9 Å². The molecule has 0 fully saturated rings. The van der Waals surface area contributed by atoms with Gasteiger partial charge in [-0.1, -0.05) is 19.1 Å². The van der Waals surface area contributed by atoms with Gasteiger partial charge in [0.2, 0.25) is 0 Å². The van der Waals surface area contributed by atoms with Crippen LogP contribution < -0.4 is 0 Å². The van der Waals surface area contributed by atoms with Gasteiger partial charge in [0.15, 0.2) is 4.73 Å². The van der Waals surface area contributed by atoms with Crippen LogP contribution >= 0.6 is 15.9 Å². The second-order valence-corrected chi connectivity index (χ2v) is 4.02. The summed E-state index contributed by atoms with van der Waals surface area (Å²) in [6.07, 6.45) is 0.931. The third kappa shape index (κ3) is 1.64. The zero-order valence-corrected chi connectivity index (χ0v) is 9.80. The number of hydrogen-bond acceptors (Lipinski definition) is 2. The molecule has 72 valence electrons. The van der Waals surface area contributed by atoms with E-state index in [9.17, 15) is 0 Å². The molecule has 0 saturated heterocycles. The second-order valence-electron chi connectivity index (χ2n) is 3.31. The van der Waals surface area contributed by atoms with E-state index in [0.29, 0.717) is 4.73 Å². The number of nitrogens with zero attached hydrogens (tertiary/aromatic N) is 2. The summed E-state index contributed by atoms with van der Waals surface area (Å²) in [5.41, 5.74) is 3.34. The third-order valence-corrected chi connectivity index (χ3v) is 2.59. The van der Waals surface area contributed by atoms with Crippen LogP contribution in [0.4, 0.5) is 0 Å². The van der Waals surface area contributed by atoms with Crippen molar-refractivity contribution >= 4 is 26.8 Å². The fourth-order valence-electron chi connectivity index (χ4n) is 1.54. The molecule has 2 rings (SSSR count). The Bertz CT molecular complexity index is 475. The number of aromatic nitrogens is 2. The first-order chi connectivity index (χ1) is 6.70. The van der Waals surface area contributed by atoms with E-state index in [1.807, 2.05) is 0 Å². The molecule has 14 heavy (non-hydrogen) atoms. The molecule has 0 saturated carbocycles. The van der Waals surface area contributed by atoms with E-state index in [1.54, 1.807) is 0 Å². The van der Waals surface area contributed by atoms with Gasteiger partial charge >= 0.3 is 0 Å². The quantitative estimate of drug-likeness (QED) is 0.727. The summed E-state index contributed by atoms with van der Waals surface area (Å²) in [4.78, 5) is 8.71. The minimum Gasteiger partial charge on any atom is -0.227 e. The first-order valence-corrected chi connectivity index (χ1v) is 5.43. The second kappa shape index (κ2) is 3.65. The Morgan fingerprint density at radius 2 is 2.07 bits per heavy atom. The zero-order chi connectivity index (χ0) is 10.1. The molecule has 1 aromatic heterocycles. The molecule has 0 bridgehead atoms. The van der Waals surface area contributed by atoms with E-state index in [2.05, 4.69) is 57.9 Å². The molecule has 0 spiro atoms. The Morgan fingerprint density at radius 3 is 2.79 bits per heavy atom. The predicted molar refractivity (Wildman–Crippen MR) is 61.4 cm³/mol. The molecule has 1 aromatic carbocycles. The Kier molecular flexibility index (Phi) is 2.50. The summed E-state index contributed by atoms with van der Waals surface area (Å²) in [6.45, 7) is 4.18. The fraction of sp³-hybridized carbons (Fsp3) is 0.273. The van der Waals surface area contributed by atoms with E-state index in [1.165, 1.54) is 5.56 Å². The van der Waals surface area contributed by atoms with Crippen molar-refractivity contribution in [3.05, 3.63) is 34.2 Å². The number of halogens is 1. The van der Waals surface area contributed by atoms with Crippen LogP contribution in [-0.4, -0.2) is 9.97 Å². The highest BCUT2D eigenvalue weighted by Gasteiger charge is 2.04. The maximum atomic E-state index is 4.36. The smallest absolute Gasteiger partial charge is 0.197 e. The monoisotopic (exact) mass is 250 g/mol. The van der Waals surface area contributed by atoms with E-state index < -0.39 is 0 Å². The Morgan fingerprint density at radius 1 is 1.29 bits per heavy atom. The normalized spacial score (nSPS) is 10.8. The van der Waals surface area contributed by atoms with Crippen LogP contribution in [0.5, 0.6) is 0 Å². The molecule has 0 radical (unpaired) electrons. The topological polar surface area (TPSA) is 25.8 Å². The molecular formula is C11H11BrN2. The van der Waals surface area contributed by atoms with E-state index in [-0.39, 0.29) is 0 Å². The zero-order valence-electron chi connectivity index (χ0n) is 8.21. The van der Waals surface area contributed by atoms with Crippen molar-refractivity contribution < 1.29 is 0 Å². The molecule has 2 nitrogen and oxygen atoms in total. The minimum absolute atomic E-state index is 0.674. The van der Waals surface area contributed by atoms with Crippen LogP contribution in [0.25, 0.3) is 10.9 Å². The molecule has 0 aliphatic heterocycles. The first-order valence-electron chi connectivity index (χ1n) is 4.63. The van der Waals surface area contributed by atoms with Gasteiger partial charge in [0.1, 0.15) is 0 Å². The van der Waals surface area contributed by atoms with Crippen molar-refractivity contribution in [2.24, 2.45) is 0 Å². The molecule has 0 atom stereocenters. The molecule has 3 heteroatoms. The standard InChI is InChI=1S/C11H11BrN2/c1-3-9-8-5-4-7(2)6-10(8)14-11(12)13-9/h4-6H,3H2,1-2H3. The average molecular weight is 251 g/mol. The van der Waals surface area contributed by atoms with E-state index >= 15 is 0 Å². The summed E-state index contributed by atoms with van der Waals surface area (Å²) in [5, 5.41) is 1.15. The molecule has 1 heterocycles. The van der Waals surface area contributed by atoms with Crippen molar-refractivity contribution in [2.45, 2.75) is 20.3 Å². The molecule has 0 N–H and O–H groups in total. The fourth-order valence-corrected chi connectivity index (χ4v) is 1.95. The summed E-state index contributed by atoms with van der Waals surface area (Å²) in [5.74, 6) is 0. The Hall–Kier alpha value is -0.960. The third-order valence-electron chi connectivity index (χ3n) is 2.24. The average Bonchev–Trinajstić information content (AvgIpc) is 2.15. The van der Waals surface area contributed by atoms with Crippen LogP contribution in [0.15, 0.2) is 22.9 Å². The first kappa shape index (κ1) is 9.59. The van der Waals surface area contributed by atoms with Crippen LogP contribution in [0.3, 0.4) is 0 Å². The lowest BCUT2D eigenvalue weighted by Crippen LogP contribution is -1.94. The number of aryl methyl sites for hydroxylation is 2. The van der Waals surface area contributed by atoms with Crippen LogP contribution in [0, 0.1) is 6.92 Å². The number of rotatable bonds is 1. The van der Waals surface area contributed by atoms with Gasteiger partial charge in [0, 0.05) is 5.39 Å². The number of hydrogen-bond donors (Lipinski definition) is 0. The van der Waals surface area contributed by atoms with E-state index in [4.69, 9.17) is 0 Å². The summed E-state index contributed by atoms with van der Waals surface area (Å²) < 4.78 is 0.674. The molecule has 0 aliphatic rings. The van der Waals surface area contributed by atoms with Crippen molar-refractivity contribution in [3.8, 4) is 0 Å². The lowest BCUT2D eigenvalue weighted by atomic mass is 10.1. The largest absolute Gasteiger partial charge is 0.227 e. The minimum atomic E-state index is 0.674. The maximum Gasteiger partial charge on any atom is 0.197 e. The summed E-state index contributed by atoms with van der Waals surface area (Å²) in [7, 11) is 0. The lowest BCUT2D eigenvalue weighted by molar-refractivity contribution is 1.01. The Balaban J connectivity index is 2.81. The van der Waals surface area contributed by atoms with Gasteiger partial charge in [-0.15, -0.1) is 0 Å². The lowest BCUT2D eigenvalue weighted by Gasteiger charge is -2.04. The van der Waals surface area contributed by atoms with Gasteiger partial charge in [0.05, 0.1) is 11.2 Å². The highest BCUT2D eigenvalue weighted by atomic mass is 79.9. The van der Waals surface area contributed by atoms with Gasteiger partial charge in [-0.3, -0.25) is 0 Å². The van der Waals surface area contributed by atoms with Crippen LogP contribution in [0.1, 0.15) is 18.2 Å². The van der Waals surface area contributed by atoms with Crippen LogP contribution in [-0.2, 0) is 6.42 Å². The van der Waals surface area contributed by atoms with Gasteiger partial charge in [-0.25, -0.2) is 9.97 Å². The highest BCUT2D eigenvalue weighted by Crippen LogP contribution is 2.19. The van der Waals surface area contributed by atoms with Crippen molar-refractivity contribution in [1.82, 2.24) is 9.97 Å². The van der Waals surface area contributed by atoms with E-state index in [0.717, 1.165) is 23.0 Å². The summed E-state index contributed by atoms with van der Waals surface area (Å²) >= 11 is 3.33. The van der Waals surface area contributed by atoms with Crippen molar-refractivity contribution in [1.29, 1.82) is 0 Å². The molecule has 0 aliphatic carbocycles. The molecule has 0 amide bonds. The maximum absolute atomic E-state index is 4.36. The number of benzene rings is 1. The van der Waals surface area contributed by atoms with Crippen molar-refractivity contribution in [3.63, 3.8) is 0 Å².